The second-order valence-electron chi connectivity index (χ2n) is 5.09. The Morgan fingerprint density at radius 3 is 2.86 bits per heavy atom. The molecule has 114 valence electrons. The van der Waals surface area contributed by atoms with Gasteiger partial charge in [0.25, 0.3) is 0 Å². The zero-order valence-corrected chi connectivity index (χ0v) is 13.0. The van der Waals surface area contributed by atoms with Crippen LogP contribution in [0.1, 0.15) is 38.1 Å². The summed E-state index contributed by atoms with van der Waals surface area (Å²) in [5.74, 6) is 1.82. The second kappa shape index (κ2) is 7.06. The average Bonchev–Trinajstić information content (AvgIpc) is 3.06. The van der Waals surface area contributed by atoms with E-state index in [1.807, 2.05) is 22.4 Å². The topological polar surface area (TPSA) is 64.7 Å². The fourth-order valence-electron chi connectivity index (χ4n) is 2.30. The van der Waals surface area contributed by atoms with Crippen molar-refractivity contribution in [2.24, 2.45) is 0 Å². The molecule has 0 aliphatic carbocycles. The minimum atomic E-state index is 0.00621. The molecule has 0 atom stereocenters. The first kappa shape index (κ1) is 15.3. The van der Waals surface area contributed by atoms with Gasteiger partial charge in [0.05, 0.1) is 6.20 Å². The summed E-state index contributed by atoms with van der Waals surface area (Å²) in [5, 5.41) is 7.25. The Bertz CT molecular complexity index is 599. The van der Waals surface area contributed by atoms with E-state index in [9.17, 15) is 4.79 Å². The summed E-state index contributed by atoms with van der Waals surface area (Å²) >= 11 is 0. The number of aromatic nitrogens is 4. The molecule has 0 bridgehead atoms. The highest BCUT2D eigenvalue weighted by Gasteiger charge is 2.11. The van der Waals surface area contributed by atoms with E-state index in [2.05, 4.69) is 29.2 Å². The van der Waals surface area contributed by atoms with Crippen molar-refractivity contribution in [3.63, 3.8) is 0 Å². The lowest BCUT2D eigenvalue weighted by Crippen LogP contribution is -2.18. The molecule has 0 spiro atoms. The third-order valence-corrected chi connectivity index (χ3v) is 3.41. The fraction of sp³-hybridized carbons (Fsp3) is 0.533. The monoisotopic (exact) mass is 289 g/mol. The molecule has 0 aliphatic heterocycles. The van der Waals surface area contributed by atoms with E-state index in [1.54, 1.807) is 12.4 Å². The number of carbonyl (C=O) groups excluding carboxylic acids is 1. The van der Waals surface area contributed by atoms with Crippen molar-refractivity contribution in [1.82, 2.24) is 19.3 Å². The van der Waals surface area contributed by atoms with Crippen LogP contribution in [-0.2, 0) is 24.3 Å². The lowest BCUT2D eigenvalue weighted by molar-refractivity contribution is -0.116. The molecule has 2 heterocycles. The lowest BCUT2D eigenvalue weighted by Gasteiger charge is -2.10. The number of nitrogens with one attached hydrogen (secondary N) is 1. The number of hydrogen-bond donors (Lipinski definition) is 1. The Hall–Kier alpha value is -2.11. The van der Waals surface area contributed by atoms with Gasteiger partial charge >= 0.3 is 0 Å². The Labute approximate surface area is 125 Å². The van der Waals surface area contributed by atoms with Crippen molar-refractivity contribution in [2.75, 3.05) is 5.32 Å². The predicted molar refractivity (Wildman–Crippen MR) is 82.1 cm³/mol. The first-order chi connectivity index (χ1) is 10.2. The molecule has 0 aromatic carbocycles. The van der Waals surface area contributed by atoms with Crippen molar-refractivity contribution < 1.29 is 4.79 Å². The maximum atomic E-state index is 12.1. The molecule has 0 aliphatic rings. The van der Waals surface area contributed by atoms with Gasteiger partial charge in [0.1, 0.15) is 11.6 Å². The van der Waals surface area contributed by atoms with Crippen molar-refractivity contribution in [3.05, 3.63) is 30.0 Å². The number of rotatable bonds is 7. The van der Waals surface area contributed by atoms with Crippen LogP contribution in [0.5, 0.6) is 0 Å². The van der Waals surface area contributed by atoms with E-state index < -0.39 is 0 Å². The van der Waals surface area contributed by atoms with Gasteiger partial charge in [-0.1, -0.05) is 13.8 Å². The number of hydrogen-bond acceptors (Lipinski definition) is 3. The van der Waals surface area contributed by atoms with Gasteiger partial charge in [0.15, 0.2) is 0 Å². The highest BCUT2D eigenvalue weighted by molar-refractivity contribution is 5.90. The Balaban J connectivity index is 1.94. The van der Waals surface area contributed by atoms with Crippen LogP contribution in [0, 0.1) is 6.92 Å². The van der Waals surface area contributed by atoms with Crippen LogP contribution in [0.4, 0.5) is 5.82 Å². The molecule has 2 aromatic heterocycles. The zero-order chi connectivity index (χ0) is 15.2. The summed E-state index contributed by atoms with van der Waals surface area (Å²) in [5.41, 5.74) is 0.994. The standard InChI is InChI=1S/C15H23N5O/c1-4-8-20-15(12(3)11-17-20)18-14(21)6-9-19-10-7-16-13(19)5-2/h7,10-11H,4-6,8-9H2,1-3H3,(H,18,21). The SMILES string of the molecule is CCCn1ncc(C)c1NC(=O)CCn1ccnc1CC. The van der Waals surface area contributed by atoms with E-state index in [1.165, 1.54) is 0 Å². The van der Waals surface area contributed by atoms with E-state index in [-0.39, 0.29) is 5.91 Å². The Morgan fingerprint density at radius 1 is 1.33 bits per heavy atom. The van der Waals surface area contributed by atoms with Crippen LogP contribution >= 0.6 is 0 Å². The molecule has 1 N–H and O–H groups in total. The van der Waals surface area contributed by atoms with Crippen LogP contribution in [0.25, 0.3) is 0 Å². The molecule has 1 amide bonds. The number of imidazole rings is 1. The van der Waals surface area contributed by atoms with Crippen LogP contribution in [0.2, 0.25) is 0 Å². The van der Waals surface area contributed by atoms with Gasteiger partial charge in [0.2, 0.25) is 5.91 Å². The molecule has 0 unspecified atom stereocenters. The maximum absolute atomic E-state index is 12.1. The summed E-state index contributed by atoms with van der Waals surface area (Å²) in [6.07, 6.45) is 7.77. The Kier molecular flexibility index (Phi) is 5.14. The van der Waals surface area contributed by atoms with Crippen LogP contribution in [-0.4, -0.2) is 25.2 Å². The van der Waals surface area contributed by atoms with Gasteiger partial charge < -0.3 is 9.88 Å². The summed E-state index contributed by atoms with van der Waals surface area (Å²) in [6, 6.07) is 0. The summed E-state index contributed by atoms with van der Waals surface area (Å²) in [7, 11) is 0. The van der Waals surface area contributed by atoms with E-state index in [0.717, 1.165) is 36.6 Å². The minimum absolute atomic E-state index is 0.00621. The summed E-state index contributed by atoms with van der Waals surface area (Å²) in [4.78, 5) is 16.4. The van der Waals surface area contributed by atoms with Gasteiger partial charge in [-0.3, -0.25) is 4.79 Å². The fourth-order valence-corrected chi connectivity index (χ4v) is 2.30. The van der Waals surface area contributed by atoms with Crippen LogP contribution in [0.3, 0.4) is 0 Å². The number of aryl methyl sites for hydroxylation is 4. The molecule has 0 radical (unpaired) electrons. The lowest BCUT2D eigenvalue weighted by atomic mass is 10.3. The van der Waals surface area contributed by atoms with Gasteiger partial charge in [-0.25, -0.2) is 9.67 Å². The van der Waals surface area contributed by atoms with Gasteiger partial charge in [-0.2, -0.15) is 5.10 Å². The number of amides is 1. The summed E-state index contributed by atoms with van der Waals surface area (Å²) < 4.78 is 3.87. The first-order valence-corrected chi connectivity index (χ1v) is 7.48. The molecule has 6 heteroatoms. The highest BCUT2D eigenvalue weighted by atomic mass is 16.1. The molecule has 0 saturated heterocycles. The van der Waals surface area contributed by atoms with Crippen molar-refractivity contribution in [1.29, 1.82) is 0 Å². The Morgan fingerprint density at radius 2 is 2.14 bits per heavy atom. The summed E-state index contributed by atoms with van der Waals surface area (Å²) in [6.45, 7) is 7.57. The van der Waals surface area contributed by atoms with Gasteiger partial charge in [0, 0.05) is 43.9 Å². The number of anilines is 1. The molecule has 0 fully saturated rings. The van der Waals surface area contributed by atoms with Crippen LogP contribution in [0.15, 0.2) is 18.6 Å². The van der Waals surface area contributed by atoms with E-state index >= 15 is 0 Å². The molecule has 2 rings (SSSR count). The third-order valence-electron chi connectivity index (χ3n) is 3.41. The van der Waals surface area contributed by atoms with Gasteiger partial charge in [-0.05, 0) is 13.3 Å². The third kappa shape index (κ3) is 3.71. The van der Waals surface area contributed by atoms with Gasteiger partial charge in [-0.15, -0.1) is 0 Å². The van der Waals surface area contributed by atoms with Crippen molar-refractivity contribution in [3.8, 4) is 0 Å². The highest BCUT2D eigenvalue weighted by Crippen LogP contribution is 2.14. The number of carbonyl (C=O) groups is 1. The minimum Gasteiger partial charge on any atom is -0.334 e. The molecule has 21 heavy (non-hydrogen) atoms. The molecule has 0 saturated carbocycles. The maximum Gasteiger partial charge on any atom is 0.227 e. The second-order valence-corrected chi connectivity index (χ2v) is 5.09. The van der Waals surface area contributed by atoms with E-state index in [4.69, 9.17) is 0 Å². The van der Waals surface area contributed by atoms with E-state index in [0.29, 0.717) is 13.0 Å². The zero-order valence-electron chi connectivity index (χ0n) is 13.0. The smallest absolute Gasteiger partial charge is 0.227 e. The molecule has 2 aromatic rings. The van der Waals surface area contributed by atoms with Crippen LogP contribution < -0.4 is 5.32 Å². The van der Waals surface area contributed by atoms with Crippen molar-refractivity contribution >= 4 is 11.7 Å². The average molecular weight is 289 g/mol. The largest absolute Gasteiger partial charge is 0.334 e. The quantitative estimate of drug-likeness (QED) is 0.851. The predicted octanol–water partition coefficient (Wildman–Crippen LogP) is 2.39. The normalized spacial score (nSPS) is 10.8. The van der Waals surface area contributed by atoms with Crippen molar-refractivity contribution in [2.45, 2.75) is 53.1 Å². The number of nitrogens with zero attached hydrogens (tertiary/aromatic N) is 4. The molecular formula is C15H23N5O. The first-order valence-electron chi connectivity index (χ1n) is 7.48. The molecular weight excluding hydrogens is 266 g/mol. The molecule has 6 nitrogen and oxygen atoms in total.